The van der Waals surface area contributed by atoms with Gasteiger partial charge < -0.3 is 0 Å². The van der Waals surface area contributed by atoms with Crippen molar-refractivity contribution in [2.75, 3.05) is 6.61 Å². The van der Waals surface area contributed by atoms with Crippen molar-refractivity contribution in [2.45, 2.75) is 6.18 Å². The van der Waals surface area contributed by atoms with E-state index in [-0.39, 0.29) is 0 Å². The van der Waals surface area contributed by atoms with Crippen LogP contribution in [0, 0.1) is 0 Å². The van der Waals surface area contributed by atoms with Crippen LogP contribution < -0.4 is 0 Å². The van der Waals surface area contributed by atoms with Gasteiger partial charge in [-0.1, -0.05) is 0 Å². The van der Waals surface area contributed by atoms with Gasteiger partial charge in [-0.25, -0.2) is 0 Å². The van der Waals surface area contributed by atoms with Gasteiger partial charge >= 0.3 is 14.9 Å². The molecule has 1 atom stereocenters. The maximum absolute atomic E-state index is 11.0. The Kier molecular flexibility index (Phi) is 2.94. The third kappa shape index (κ3) is 5.85. The van der Waals surface area contributed by atoms with Crippen LogP contribution in [0.4, 0.5) is 13.2 Å². The average molecular weight is 147 g/mol. The van der Waals surface area contributed by atoms with E-state index in [9.17, 15) is 17.7 Å². The summed E-state index contributed by atoms with van der Waals surface area (Å²) in [7, 11) is -1.34. The van der Waals surface area contributed by atoms with E-state index >= 15 is 0 Å². The Bertz CT molecular complexity index is 79.8. The summed E-state index contributed by atoms with van der Waals surface area (Å²) in [6, 6.07) is 0. The Morgan fingerprint density at radius 2 is 2.00 bits per heavy atom. The Morgan fingerprint density at radius 3 is 2.12 bits per heavy atom. The van der Waals surface area contributed by atoms with Crippen molar-refractivity contribution in [3.8, 4) is 0 Å². The monoisotopic (exact) mass is 147 g/mol. The highest BCUT2D eigenvalue weighted by Gasteiger charge is 2.29. The first kappa shape index (κ1) is 7.85. The fourth-order valence-corrected chi connectivity index (χ4v) is 0.334. The van der Waals surface area contributed by atoms with Gasteiger partial charge in [0, 0.05) is 0 Å². The molecule has 0 heterocycles. The first-order valence-electron chi connectivity index (χ1n) is 1.62. The number of rotatable bonds is 2. The van der Waals surface area contributed by atoms with E-state index < -0.39 is 21.5 Å². The summed E-state index contributed by atoms with van der Waals surface area (Å²) in [5.41, 5.74) is 0. The second-order valence-corrected chi connectivity index (χ2v) is 1.44. The second-order valence-electron chi connectivity index (χ2n) is 0.987. The van der Waals surface area contributed by atoms with E-state index in [2.05, 4.69) is 4.52 Å². The topological polar surface area (TPSA) is 26.3 Å². The van der Waals surface area contributed by atoms with Crippen molar-refractivity contribution in [1.82, 2.24) is 0 Å². The Balaban J connectivity index is 3.24. The molecule has 0 bridgehead atoms. The first-order valence-corrected chi connectivity index (χ1v) is 2.43. The predicted molar refractivity (Wildman–Crippen MR) is 21.0 cm³/mol. The number of hydrogen-bond donors (Lipinski definition) is 0. The van der Waals surface area contributed by atoms with Crippen LogP contribution in [0.1, 0.15) is 0 Å². The third-order valence-electron chi connectivity index (χ3n) is 0.295. The van der Waals surface area contributed by atoms with Crippen LogP contribution in [-0.4, -0.2) is 12.8 Å². The van der Waals surface area contributed by atoms with Crippen molar-refractivity contribution in [3.05, 3.63) is 0 Å². The number of hydrogen-bond acceptors (Lipinski definition) is 2. The minimum atomic E-state index is -4.36. The largest absolute Gasteiger partial charge is 0.494 e. The zero-order chi connectivity index (χ0) is 6.62. The molecular weight excluding hydrogens is 144 g/mol. The minimum Gasteiger partial charge on any atom is -0.168 e. The van der Waals surface area contributed by atoms with Gasteiger partial charge in [0.1, 0.15) is 0 Å². The lowest BCUT2D eigenvalue weighted by molar-refractivity contribution is -0.151. The van der Waals surface area contributed by atoms with Crippen molar-refractivity contribution >= 4 is 8.69 Å². The van der Waals surface area contributed by atoms with E-state index in [0.29, 0.717) is 0 Å². The Morgan fingerprint density at radius 1 is 1.50 bits per heavy atom. The molecule has 0 rings (SSSR count). The SMILES string of the molecule is O=[PH+]OCC(F)(F)F. The normalized spacial score (nSPS) is 12.4. The molecule has 0 saturated heterocycles. The van der Waals surface area contributed by atoms with Gasteiger partial charge in [-0.05, 0) is 4.57 Å². The van der Waals surface area contributed by atoms with Gasteiger partial charge in [0.15, 0.2) is 6.61 Å². The molecule has 8 heavy (non-hydrogen) atoms. The number of halogens is 3. The highest BCUT2D eigenvalue weighted by Crippen LogP contribution is 2.16. The first-order chi connectivity index (χ1) is 3.56. The van der Waals surface area contributed by atoms with Crippen molar-refractivity contribution in [2.24, 2.45) is 0 Å². The molecule has 1 unspecified atom stereocenters. The van der Waals surface area contributed by atoms with Crippen LogP contribution >= 0.6 is 8.69 Å². The van der Waals surface area contributed by atoms with Gasteiger partial charge in [0.2, 0.25) is 0 Å². The van der Waals surface area contributed by atoms with E-state index in [0.717, 1.165) is 0 Å². The summed E-state index contributed by atoms with van der Waals surface area (Å²) < 4.78 is 45.8. The summed E-state index contributed by atoms with van der Waals surface area (Å²) in [6.45, 7) is -1.44. The molecule has 0 saturated carbocycles. The Hall–Kier alpha value is -0.150. The molecule has 0 aliphatic heterocycles. The maximum atomic E-state index is 11.0. The third-order valence-corrected chi connectivity index (χ3v) is 0.557. The van der Waals surface area contributed by atoms with Crippen LogP contribution in [0.5, 0.6) is 0 Å². The summed E-state index contributed by atoms with van der Waals surface area (Å²) in [6.07, 6.45) is -4.36. The molecule has 0 radical (unpaired) electrons. The van der Waals surface area contributed by atoms with Crippen molar-refractivity contribution in [1.29, 1.82) is 0 Å². The zero-order valence-electron chi connectivity index (χ0n) is 3.66. The van der Waals surface area contributed by atoms with E-state index in [1.54, 1.807) is 0 Å². The molecule has 0 N–H and O–H groups in total. The molecule has 0 spiro atoms. The molecule has 0 aromatic carbocycles. The minimum absolute atomic E-state index is 1.34. The van der Waals surface area contributed by atoms with Gasteiger partial charge in [-0.15, -0.1) is 4.52 Å². The lowest BCUT2D eigenvalue weighted by Gasteiger charge is -1.96. The zero-order valence-corrected chi connectivity index (χ0v) is 4.66. The lowest BCUT2D eigenvalue weighted by Crippen LogP contribution is -2.13. The summed E-state index contributed by atoms with van der Waals surface area (Å²) in [5, 5.41) is 0. The van der Waals surface area contributed by atoms with Gasteiger partial charge in [0.25, 0.3) is 0 Å². The molecule has 48 valence electrons. The average Bonchev–Trinajstić information content (AvgIpc) is 1.59. The van der Waals surface area contributed by atoms with Crippen LogP contribution in [0.15, 0.2) is 0 Å². The molecule has 0 amide bonds. The van der Waals surface area contributed by atoms with Gasteiger partial charge in [0.05, 0.1) is 0 Å². The van der Waals surface area contributed by atoms with E-state index in [4.69, 9.17) is 0 Å². The van der Waals surface area contributed by atoms with Crippen molar-refractivity contribution in [3.63, 3.8) is 0 Å². The van der Waals surface area contributed by atoms with Crippen molar-refractivity contribution < 1.29 is 22.3 Å². The molecule has 0 aromatic heterocycles. The molecular formula is C2H3F3O2P+. The molecule has 0 fully saturated rings. The maximum Gasteiger partial charge on any atom is 0.494 e. The fourth-order valence-electron chi connectivity index (χ4n) is 0.111. The predicted octanol–water partition coefficient (Wildman–Crippen LogP) is 1.50. The van der Waals surface area contributed by atoms with Crippen LogP contribution in [0.3, 0.4) is 0 Å². The molecule has 6 heteroatoms. The lowest BCUT2D eigenvalue weighted by atomic mass is 10.7. The summed E-state index contributed by atoms with van der Waals surface area (Å²) >= 11 is 0. The fraction of sp³-hybridized carbons (Fsp3) is 1.00. The van der Waals surface area contributed by atoms with Crippen LogP contribution in [-0.2, 0) is 9.09 Å². The van der Waals surface area contributed by atoms with Crippen LogP contribution in [0.25, 0.3) is 0 Å². The van der Waals surface area contributed by atoms with Crippen LogP contribution in [0.2, 0.25) is 0 Å². The van der Waals surface area contributed by atoms with E-state index in [1.807, 2.05) is 0 Å². The summed E-state index contributed by atoms with van der Waals surface area (Å²) in [4.78, 5) is 0. The molecule has 0 aliphatic rings. The standard InChI is InChI=1S/C2H3F3O2P/c3-2(4,5)1-7-8-6/h8H,1H2/q+1. The summed E-state index contributed by atoms with van der Waals surface area (Å²) in [5.74, 6) is 0. The molecule has 2 nitrogen and oxygen atoms in total. The number of alkyl halides is 3. The molecule has 0 aliphatic carbocycles. The highest BCUT2D eigenvalue weighted by atomic mass is 31.1. The smallest absolute Gasteiger partial charge is 0.168 e. The van der Waals surface area contributed by atoms with Gasteiger partial charge in [-0.3, -0.25) is 0 Å². The van der Waals surface area contributed by atoms with Gasteiger partial charge in [-0.2, -0.15) is 13.2 Å². The Labute approximate surface area is 44.9 Å². The second kappa shape index (κ2) is 2.99. The quantitative estimate of drug-likeness (QED) is 0.553. The highest BCUT2D eigenvalue weighted by molar-refractivity contribution is 7.17. The van der Waals surface area contributed by atoms with E-state index in [1.165, 1.54) is 0 Å². The molecule has 0 aromatic rings.